The summed E-state index contributed by atoms with van der Waals surface area (Å²) in [5.41, 5.74) is 5.84. The summed E-state index contributed by atoms with van der Waals surface area (Å²) in [5, 5.41) is 0. The topological polar surface area (TPSA) is 20.5 Å². The molecule has 3 aromatic rings. The molecule has 0 saturated carbocycles. The number of aromatic nitrogens is 2. The molecule has 3 heteroatoms. The number of benzene rings is 1. The van der Waals surface area contributed by atoms with Gasteiger partial charge in [-0.3, -0.25) is 4.90 Å². The third-order valence-corrected chi connectivity index (χ3v) is 4.22. The lowest BCUT2D eigenvalue weighted by Gasteiger charge is -2.18. The number of nitrogens with zero attached hydrogens (tertiary/aromatic N) is 3. The van der Waals surface area contributed by atoms with Crippen LogP contribution in [0.4, 0.5) is 0 Å². The Morgan fingerprint density at radius 2 is 1.73 bits per heavy atom. The van der Waals surface area contributed by atoms with Gasteiger partial charge in [-0.05, 0) is 32.1 Å². The van der Waals surface area contributed by atoms with Crippen LogP contribution in [0.15, 0.2) is 48.7 Å². The Kier molecular flexibility index (Phi) is 4.25. The molecule has 22 heavy (non-hydrogen) atoms. The highest BCUT2D eigenvalue weighted by Gasteiger charge is 2.15. The van der Waals surface area contributed by atoms with E-state index < -0.39 is 0 Å². The summed E-state index contributed by atoms with van der Waals surface area (Å²) >= 11 is 0. The number of rotatable bonds is 5. The van der Waals surface area contributed by atoms with Crippen LogP contribution < -0.4 is 0 Å². The monoisotopic (exact) mass is 293 g/mol. The molecule has 0 atom stereocenters. The van der Waals surface area contributed by atoms with E-state index in [1.807, 2.05) is 6.07 Å². The van der Waals surface area contributed by atoms with Gasteiger partial charge in [-0.15, -0.1) is 0 Å². The van der Waals surface area contributed by atoms with E-state index in [1.165, 1.54) is 16.8 Å². The van der Waals surface area contributed by atoms with E-state index in [1.54, 1.807) is 0 Å². The summed E-state index contributed by atoms with van der Waals surface area (Å²) < 4.78 is 2.22. The van der Waals surface area contributed by atoms with Crippen molar-refractivity contribution >= 4 is 5.65 Å². The molecule has 2 heterocycles. The van der Waals surface area contributed by atoms with Crippen molar-refractivity contribution in [3.63, 3.8) is 0 Å². The molecule has 0 bridgehead atoms. The van der Waals surface area contributed by atoms with Gasteiger partial charge in [0.1, 0.15) is 5.65 Å². The minimum atomic E-state index is 0.918. The van der Waals surface area contributed by atoms with Gasteiger partial charge in [-0.2, -0.15) is 0 Å². The van der Waals surface area contributed by atoms with E-state index in [4.69, 9.17) is 4.98 Å². The van der Waals surface area contributed by atoms with Gasteiger partial charge in [0.25, 0.3) is 0 Å². The van der Waals surface area contributed by atoms with Crippen molar-refractivity contribution in [2.24, 2.45) is 0 Å². The number of fused-ring (bicyclic) bond motifs is 1. The zero-order valence-corrected chi connectivity index (χ0v) is 13.6. The number of pyridine rings is 1. The molecule has 0 unspecified atom stereocenters. The maximum atomic E-state index is 4.87. The molecule has 0 aliphatic carbocycles. The van der Waals surface area contributed by atoms with E-state index in [0.29, 0.717) is 0 Å². The highest BCUT2D eigenvalue weighted by atomic mass is 15.1. The lowest BCUT2D eigenvalue weighted by Crippen LogP contribution is -2.23. The minimum absolute atomic E-state index is 0.918. The largest absolute Gasteiger partial charge is 0.302 e. The second kappa shape index (κ2) is 6.32. The smallest absolute Gasteiger partial charge is 0.137 e. The molecule has 0 N–H and O–H groups in total. The Hall–Kier alpha value is -2.13. The normalized spacial score (nSPS) is 11.5. The standard InChI is InChI=1S/C19H23N3/c1-4-21(5-2)14-17-19(16-11-9-15(3)10-12-16)20-18-8-6-7-13-22(17)18/h6-13H,4-5,14H2,1-3H3. The molecule has 3 rings (SSSR count). The van der Waals surface area contributed by atoms with Crippen LogP contribution in [-0.4, -0.2) is 27.4 Å². The number of aryl methyl sites for hydroxylation is 1. The van der Waals surface area contributed by atoms with Crippen LogP contribution in [0, 0.1) is 6.92 Å². The Bertz CT molecular complexity index is 752. The Balaban J connectivity index is 2.13. The molecule has 1 aromatic carbocycles. The van der Waals surface area contributed by atoms with E-state index in [2.05, 4.69) is 72.7 Å². The maximum absolute atomic E-state index is 4.87. The third kappa shape index (κ3) is 2.77. The highest BCUT2D eigenvalue weighted by Crippen LogP contribution is 2.26. The van der Waals surface area contributed by atoms with Crippen LogP contribution in [0.2, 0.25) is 0 Å². The van der Waals surface area contributed by atoms with Gasteiger partial charge >= 0.3 is 0 Å². The van der Waals surface area contributed by atoms with Gasteiger partial charge in [0, 0.05) is 18.3 Å². The molecule has 114 valence electrons. The quantitative estimate of drug-likeness (QED) is 0.704. The fraction of sp³-hybridized carbons (Fsp3) is 0.316. The average molecular weight is 293 g/mol. The van der Waals surface area contributed by atoms with Gasteiger partial charge < -0.3 is 4.40 Å². The Morgan fingerprint density at radius 1 is 1.00 bits per heavy atom. The molecule has 0 saturated heterocycles. The van der Waals surface area contributed by atoms with Crippen LogP contribution in [0.25, 0.3) is 16.9 Å². The predicted octanol–water partition coefficient (Wildman–Crippen LogP) is 4.15. The predicted molar refractivity (Wildman–Crippen MR) is 92.0 cm³/mol. The van der Waals surface area contributed by atoms with Crippen LogP contribution in [0.1, 0.15) is 25.1 Å². The maximum Gasteiger partial charge on any atom is 0.137 e. The zero-order chi connectivity index (χ0) is 15.5. The molecule has 0 aliphatic heterocycles. The van der Waals surface area contributed by atoms with Gasteiger partial charge in [0.2, 0.25) is 0 Å². The molecule has 0 radical (unpaired) electrons. The van der Waals surface area contributed by atoms with Crippen molar-refractivity contribution in [3.8, 4) is 11.3 Å². The van der Waals surface area contributed by atoms with E-state index in [0.717, 1.165) is 31.0 Å². The summed E-state index contributed by atoms with van der Waals surface area (Å²) in [6, 6.07) is 14.8. The lowest BCUT2D eigenvalue weighted by molar-refractivity contribution is 0.292. The summed E-state index contributed by atoms with van der Waals surface area (Å²) in [6.07, 6.45) is 2.11. The number of imidazole rings is 1. The molecular formula is C19H23N3. The van der Waals surface area contributed by atoms with Crippen molar-refractivity contribution in [3.05, 3.63) is 59.9 Å². The second-order valence-electron chi connectivity index (χ2n) is 5.66. The van der Waals surface area contributed by atoms with Crippen LogP contribution in [0.5, 0.6) is 0 Å². The summed E-state index contributed by atoms with van der Waals surface area (Å²) in [6.45, 7) is 9.54. The Morgan fingerprint density at radius 3 is 2.41 bits per heavy atom. The molecule has 0 aliphatic rings. The molecule has 2 aromatic heterocycles. The molecule has 3 nitrogen and oxygen atoms in total. The third-order valence-electron chi connectivity index (χ3n) is 4.22. The average Bonchev–Trinajstić information content (AvgIpc) is 2.92. The van der Waals surface area contributed by atoms with Crippen LogP contribution in [0.3, 0.4) is 0 Å². The first-order valence-corrected chi connectivity index (χ1v) is 7.98. The van der Waals surface area contributed by atoms with Gasteiger partial charge in [-0.25, -0.2) is 4.98 Å². The van der Waals surface area contributed by atoms with Crippen LogP contribution >= 0.6 is 0 Å². The van der Waals surface area contributed by atoms with E-state index >= 15 is 0 Å². The van der Waals surface area contributed by atoms with Crippen molar-refractivity contribution in [1.29, 1.82) is 0 Å². The summed E-state index contributed by atoms with van der Waals surface area (Å²) in [4.78, 5) is 7.30. The van der Waals surface area contributed by atoms with Gasteiger partial charge in [0.05, 0.1) is 11.4 Å². The SMILES string of the molecule is CCN(CC)Cc1c(-c2ccc(C)cc2)nc2ccccn12. The summed E-state index contributed by atoms with van der Waals surface area (Å²) in [5.74, 6) is 0. The fourth-order valence-corrected chi connectivity index (χ4v) is 2.80. The van der Waals surface area contributed by atoms with Crippen molar-refractivity contribution in [1.82, 2.24) is 14.3 Å². The highest BCUT2D eigenvalue weighted by molar-refractivity contribution is 5.66. The summed E-state index contributed by atoms with van der Waals surface area (Å²) in [7, 11) is 0. The first-order chi connectivity index (χ1) is 10.7. The van der Waals surface area contributed by atoms with Gasteiger partial charge in [-0.1, -0.05) is 49.7 Å². The minimum Gasteiger partial charge on any atom is -0.302 e. The Labute approximate surface area is 132 Å². The van der Waals surface area contributed by atoms with Gasteiger partial charge in [0.15, 0.2) is 0 Å². The zero-order valence-electron chi connectivity index (χ0n) is 13.6. The fourth-order valence-electron chi connectivity index (χ4n) is 2.80. The lowest BCUT2D eigenvalue weighted by atomic mass is 10.1. The van der Waals surface area contributed by atoms with E-state index in [-0.39, 0.29) is 0 Å². The molecule has 0 spiro atoms. The second-order valence-corrected chi connectivity index (χ2v) is 5.66. The van der Waals surface area contributed by atoms with Crippen molar-refractivity contribution < 1.29 is 0 Å². The number of hydrogen-bond acceptors (Lipinski definition) is 2. The van der Waals surface area contributed by atoms with E-state index in [9.17, 15) is 0 Å². The first kappa shape index (κ1) is 14.8. The molecule has 0 amide bonds. The number of hydrogen-bond donors (Lipinski definition) is 0. The molecular weight excluding hydrogens is 270 g/mol. The van der Waals surface area contributed by atoms with Crippen molar-refractivity contribution in [2.75, 3.05) is 13.1 Å². The first-order valence-electron chi connectivity index (χ1n) is 7.98. The van der Waals surface area contributed by atoms with Crippen LogP contribution in [-0.2, 0) is 6.54 Å². The molecule has 0 fully saturated rings. The van der Waals surface area contributed by atoms with Crippen molar-refractivity contribution in [2.45, 2.75) is 27.3 Å².